The average molecular weight is 310 g/mol. The quantitative estimate of drug-likeness (QED) is 0.864. The maximum atomic E-state index is 11.5. The predicted octanol–water partition coefficient (Wildman–Crippen LogP) is 2.31. The minimum Gasteiger partial charge on any atom is -0.464 e. The topological polar surface area (TPSA) is 70.1 Å². The molecule has 0 atom stereocenters. The molecule has 5 nitrogen and oxygen atoms in total. The fraction of sp³-hybridized carbons (Fsp3) is 0.167. The Kier molecular flexibility index (Phi) is 3.38. The molecular weight excluding hydrogens is 298 g/mol. The second-order valence-corrected chi connectivity index (χ2v) is 4.62. The lowest BCUT2D eigenvalue weighted by molar-refractivity contribution is 0.0596. The van der Waals surface area contributed by atoms with E-state index in [0.717, 1.165) is 10.2 Å². The third kappa shape index (κ3) is 2.11. The van der Waals surface area contributed by atoms with E-state index in [2.05, 4.69) is 25.7 Å². The highest BCUT2D eigenvalue weighted by molar-refractivity contribution is 9.10. The molecule has 0 radical (unpaired) electrons. The number of rotatable bonds is 2. The molecule has 0 aliphatic carbocycles. The van der Waals surface area contributed by atoms with Crippen LogP contribution in [-0.4, -0.2) is 22.6 Å². The van der Waals surface area contributed by atoms with E-state index in [4.69, 9.17) is 5.73 Å². The van der Waals surface area contributed by atoms with Crippen molar-refractivity contribution in [1.29, 1.82) is 0 Å². The number of hydrogen-bond acceptors (Lipinski definition) is 4. The smallest absolute Gasteiger partial charge is 0.360 e. The highest BCUT2D eigenvalue weighted by atomic mass is 79.9. The number of carbonyl (C=O) groups excluding carboxylic acids is 1. The molecule has 1 heterocycles. The van der Waals surface area contributed by atoms with Crippen molar-refractivity contribution < 1.29 is 9.53 Å². The molecule has 6 heteroatoms. The number of carbonyl (C=O) groups is 1. The Morgan fingerprint density at radius 3 is 2.83 bits per heavy atom. The van der Waals surface area contributed by atoms with Crippen molar-refractivity contribution in [3.05, 3.63) is 40.3 Å². The van der Waals surface area contributed by atoms with Crippen LogP contribution in [0.25, 0.3) is 5.69 Å². The number of nitrogen functional groups attached to an aromatic ring is 1. The minimum absolute atomic E-state index is 0.134. The molecule has 2 N–H and O–H groups in total. The average Bonchev–Trinajstić information content (AvgIpc) is 2.64. The molecule has 0 aliphatic heterocycles. The van der Waals surface area contributed by atoms with Gasteiger partial charge in [0.2, 0.25) is 0 Å². The van der Waals surface area contributed by atoms with E-state index in [1.807, 2.05) is 24.3 Å². The number of esters is 1. The Bertz CT molecular complexity index is 607. The van der Waals surface area contributed by atoms with Crippen molar-refractivity contribution in [2.75, 3.05) is 12.8 Å². The second-order valence-electron chi connectivity index (χ2n) is 3.70. The maximum absolute atomic E-state index is 11.5. The monoisotopic (exact) mass is 309 g/mol. The SMILES string of the molecule is COC(=O)c1nc(C)n(-c2cccc(Br)c2)c1N. The zero-order valence-corrected chi connectivity index (χ0v) is 11.6. The van der Waals surface area contributed by atoms with Crippen LogP contribution in [0.1, 0.15) is 16.3 Å². The van der Waals surface area contributed by atoms with E-state index in [9.17, 15) is 4.79 Å². The zero-order chi connectivity index (χ0) is 13.3. The van der Waals surface area contributed by atoms with Gasteiger partial charge in [0.1, 0.15) is 11.6 Å². The van der Waals surface area contributed by atoms with Gasteiger partial charge >= 0.3 is 5.97 Å². The molecule has 1 aromatic carbocycles. The number of aromatic nitrogens is 2. The number of halogens is 1. The number of ether oxygens (including phenoxy) is 1. The Balaban J connectivity index is 2.59. The van der Waals surface area contributed by atoms with Gasteiger partial charge < -0.3 is 10.5 Å². The Morgan fingerprint density at radius 1 is 1.50 bits per heavy atom. The summed E-state index contributed by atoms with van der Waals surface area (Å²) in [6.45, 7) is 1.78. The molecule has 0 saturated carbocycles. The number of aryl methyl sites for hydroxylation is 1. The van der Waals surface area contributed by atoms with E-state index < -0.39 is 5.97 Å². The first-order chi connectivity index (χ1) is 8.54. The zero-order valence-electron chi connectivity index (χ0n) is 9.98. The molecule has 1 aromatic heterocycles. The van der Waals surface area contributed by atoms with Crippen LogP contribution in [0.4, 0.5) is 5.82 Å². The van der Waals surface area contributed by atoms with Crippen molar-refractivity contribution in [3.8, 4) is 5.69 Å². The fourth-order valence-electron chi connectivity index (χ4n) is 1.74. The van der Waals surface area contributed by atoms with Crippen molar-refractivity contribution in [2.45, 2.75) is 6.92 Å². The van der Waals surface area contributed by atoms with Crippen LogP contribution in [0.3, 0.4) is 0 Å². The molecule has 18 heavy (non-hydrogen) atoms. The summed E-state index contributed by atoms with van der Waals surface area (Å²) in [6, 6.07) is 7.58. The number of imidazole rings is 1. The molecule has 0 spiro atoms. The standard InChI is InChI=1S/C12H12BrN3O2/c1-7-15-10(12(17)18-2)11(14)16(7)9-5-3-4-8(13)6-9/h3-6H,14H2,1-2H3. The molecule has 0 saturated heterocycles. The third-order valence-corrected chi connectivity index (χ3v) is 3.02. The van der Waals surface area contributed by atoms with Crippen LogP contribution in [0, 0.1) is 6.92 Å². The lowest BCUT2D eigenvalue weighted by atomic mass is 10.3. The van der Waals surface area contributed by atoms with Gasteiger partial charge in [-0.2, -0.15) is 0 Å². The molecule has 2 aromatic rings. The van der Waals surface area contributed by atoms with Gasteiger partial charge in [-0.1, -0.05) is 22.0 Å². The van der Waals surface area contributed by atoms with E-state index in [0.29, 0.717) is 5.82 Å². The Morgan fingerprint density at radius 2 is 2.22 bits per heavy atom. The largest absolute Gasteiger partial charge is 0.464 e. The van der Waals surface area contributed by atoms with E-state index in [-0.39, 0.29) is 11.5 Å². The first-order valence-electron chi connectivity index (χ1n) is 5.23. The third-order valence-electron chi connectivity index (χ3n) is 2.53. The van der Waals surface area contributed by atoms with Gasteiger partial charge in [0.05, 0.1) is 7.11 Å². The molecule has 0 aliphatic rings. The summed E-state index contributed by atoms with van der Waals surface area (Å²) >= 11 is 3.39. The van der Waals surface area contributed by atoms with E-state index in [1.165, 1.54) is 7.11 Å². The summed E-state index contributed by atoms with van der Waals surface area (Å²) in [6.07, 6.45) is 0. The number of hydrogen-bond donors (Lipinski definition) is 1. The van der Waals surface area contributed by atoms with Crippen molar-refractivity contribution in [2.24, 2.45) is 0 Å². The summed E-state index contributed by atoms with van der Waals surface area (Å²) in [7, 11) is 1.30. The van der Waals surface area contributed by atoms with Crippen LogP contribution < -0.4 is 5.73 Å². The van der Waals surface area contributed by atoms with Gasteiger partial charge in [-0.05, 0) is 25.1 Å². The van der Waals surface area contributed by atoms with Gasteiger partial charge in [-0.25, -0.2) is 9.78 Å². The summed E-state index contributed by atoms with van der Waals surface area (Å²) in [5.74, 6) is 0.368. The molecule has 0 amide bonds. The highest BCUT2D eigenvalue weighted by Gasteiger charge is 2.19. The molecule has 0 unspecified atom stereocenters. The summed E-state index contributed by atoms with van der Waals surface area (Å²) in [4.78, 5) is 15.6. The van der Waals surface area contributed by atoms with Crippen LogP contribution in [0.2, 0.25) is 0 Å². The van der Waals surface area contributed by atoms with Crippen LogP contribution in [0.5, 0.6) is 0 Å². The van der Waals surface area contributed by atoms with Crippen molar-refractivity contribution >= 4 is 27.7 Å². The lowest BCUT2D eigenvalue weighted by Gasteiger charge is -2.07. The van der Waals surface area contributed by atoms with Crippen LogP contribution in [-0.2, 0) is 4.74 Å². The van der Waals surface area contributed by atoms with E-state index in [1.54, 1.807) is 11.5 Å². The number of nitrogens with two attached hydrogens (primary N) is 1. The predicted molar refractivity (Wildman–Crippen MR) is 71.8 cm³/mol. The van der Waals surface area contributed by atoms with Crippen molar-refractivity contribution in [1.82, 2.24) is 9.55 Å². The van der Waals surface area contributed by atoms with Gasteiger partial charge in [0.15, 0.2) is 5.69 Å². The number of anilines is 1. The number of nitrogens with zero attached hydrogens (tertiary/aromatic N) is 2. The molecule has 0 fully saturated rings. The van der Waals surface area contributed by atoms with E-state index >= 15 is 0 Å². The van der Waals surface area contributed by atoms with Gasteiger partial charge in [0, 0.05) is 10.2 Å². The first kappa shape index (κ1) is 12.6. The maximum Gasteiger partial charge on any atom is 0.360 e. The summed E-state index contributed by atoms with van der Waals surface area (Å²) in [5, 5.41) is 0. The van der Waals surface area contributed by atoms with Crippen LogP contribution in [0.15, 0.2) is 28.7 Å². The fourth-order valence-corrected chi connectivity index (χ4v) is 2.12. The Hall–Kier alpha value is -1.82. The molecule has 2 rings (SSSR count). The van der Waals surface area contributed by atoms with Gasteiger partial charge in [-0.15, -0.1) is 0 Å². The molecular formula is C12H12BrN3O2. The normalized spacial score (nSPS) is 10.4. The second kappa shape index (κ2) is 4.81. The van der Waals surface area contributed by atoms with Gasteiger partial charge in [-0.3, -0.25) is 4.57 Å². The van der Waals surface area contributed by atoms with Gasteiger partial charge in [0.25, 0.3) is 0 Å². The van der Waals surface area contributed by atoms with Crippen molar-refractivity contribution in [3.63, 3.8) is 0 Å². The summed E-state index contributed by atoms with van der Waals surface area (Å²) < 4.78 is 7.27. The summed E-state index contributed by atoms with van der Waals surface area (Å²) in [5.41, 5.74) is 6.92. The lowest BCUT2D eigenvalue weighted by Crippen LogP contribution is -2.07. The van der Waals surface area contributed by atoms with Crippen LogP contribution >= 0.6 is 15.9 Å². The Labute approximate surface area is 113 Å². The first-order valence-corrected chi connectivity index (χ1v) is 6.03. The minimum atomic E-state index is -0.538. The number of benzene rings is 1. The molecule has 94 valence electrons. The number of methoxy groups -OCH3 is 1. The molecule has 0 bridgehead atoms. The highest BCUT2D eigenvalue weighted by Crippen LogP contribution is 2.23.